The highest BCUT2D eigenvalue weighted by Gasteiger charge is 2.26. The number of likely N-dealkylation sites (tertiary alicyclic amines) is 1. The summed E-state index contributed by atoms with van der Waals surface area (Å²) < 4.78 is 5.97. The van der Waals surface area contributed by atoms with Gasteiger partial charge in [-0.25, -0.2) is 4.98 Å². The number of piperidine rings is 1. The molecule has 0 aliphatic carbocycles. The zero-order chi connectivity index (χ0) is 23.5. The van der Waals surface area contributed by atoms with Gasteiger partial charge in [-0.3, -0.25) is 9.79 Å². The molecular formula is C25H44IN5O2. The molecule has 1 atom stereocenters. The fourth-order valence-corrected chi connectivity index (χ4v) is 4.26. The number of guanidine groups is 1. The van der Waals surface area contributed by atoms with Crippen molar-refractivity contribution < 1.29 is 9.53 Å². The third-order valence-corrected chi connectivity index (χ3v) is 6.09. The van der Waals surface area contributed by atoms with Crippen molar-refractivity contribution in [1.29, 1.82) is 0 Å². The Labute approximate surface area is 217 Å². The van der Waals surface area contributed by atoms with E-state index < -0.39 is 0 Å². The average molecular weight is 574 g/mol. The van der Waals surface area contributed by atoms with Crippen molar-refractivity contribution in [1.82, 2.24) is 20.5 Å². The van der Waals surface area contributed by atoms with Crippen LogP contribution >= 0.6 is 24.0 Å². The Bertz CT molecular complexity index is 731. The number of amides is 1. The molecule has 1 aliphatic heterocycles. The second-order valence-corrected chi connectivity index (χ2v) is 9.24. The van der Waals surface area contributed by atoms with Gasteiger partial charge in [-0.05, 0) is 56.6 Å². The maximum Gasteiger partial charge on any atom is 0.225 e. The van der Waals surface area contributed by atoms with Crippen LogP contribution in [0.4, 0.5) is 0 Å². The van der Waals surface area contributed by atoms with Crippen LogP contribution < -0.4 is 15.4 Å². The standard InChI is InChI=1S/C25H43N5O2.HI/c1-7-21(8-2)24(31)30-13-10-22(11-14-30)29-25(26-6)28-17-20-9-12-27-23(16-20)32-19(5)15-18(3)4;/h9,12,16,18-19,21-22H,7-8,10-11,13-15,17H2,1-6H3,(H2,26,28,29);1H. The first-order chi connectivity index (χ1) is 15.4. The van der Waals surface area contributed by atoms with Gasteiger partial charge >= 0.3 is 0 Å². The van der Waals surface area contributed by atoms with Gasteiger partial charge in [0.1, 0.15) is 0 Å². The summed E-state index contributed by atoms with van der Waals surface area (Å²) in [5.74, 6) is 2.51. The zero-order valence-electron chi connectivity index (χ0n) is 21.3. The molecule has 1 unspecified atom stereocenters. The van der Waals surface area contributed by atoms with E-state index in [9.17, 15) is 4.79 Å². The lowest BCUT2D eigenvalue weighted by molar-refractivity contribution is -0.136. The van der Waals surface area contributed by atoms with E-state index >= 15 is 0 Å². The van der Waals surface area contributed by atoms with Crippen LogP contribution in [0.15, 0.2) is 23.3 Å². The quantitative estimate of drug-likeness (QED) is 0.243. The van der Waals surface area contributed by atoms with Gasteiger partial charge in [0.05, 0.1) is 6.10 Å². The van der Waals surface area contributed by atoms with Gasteiger partial charge in [0, 0.05) is 50.9 Å². The highest BCUT2D eigenvalue weighted by Crippen LogP contribution is 2.18. The Kier molecular flexibility index (Phi) is 13.7. The molecule has 0 aromatic carbocycles. The number of pyridine rings is 1. The molecule has 1 aromatic heterocycles. The Balaban J connectivity index is 0.00000544. The molecule has 188 valence electrons. The summed E-state index contributed by atoms with van der Waals surface area (Å²) in [6, 6.07) is 4.29. The fraction of sp³-hybridized carbons (Fsp3) is 0.720. The Morgan fingerprint density at radius 2 is 1.91 bits per heavy atom. The molecule has 1 aromatic rings. The zero-order valence-corrected chi connectivity index (χ0v) is 23.6. The van der Waals surface area contributed by atoms with E-state index in [1.54, 1.807) is 13.2 Å². The van der Waals surface area contributed by atoms with Crippen LogP contribution in [0.25, 0.3) is 0 Å². The first kappa shape index (κ1) is 29.5. The van der Waals surface area contributed by atoms with Gasteiger partial charge in [0.2, 0.25) is 11.8 Å². The average Bonchev–Trinajstić information content (AvgIpc) is 2.77. The van der Waals surface area contributed by atoms with Crippen molar-refractivity contribution in [2.45, 2.75) is 85.4 Å². The molecule has 0 radical (unpaired) electrons. The molecule has 8 heteroatoms. The molecule has 2 heterocycles. The van der Waals surface area contributed by atoms with Crippen molar-refractivity contribution >= 4 is 35.8 Å². The summed E-state index contributed by atoms with van der Waals surface area (Å²) in [6.07, 6.45) is 6.65. The number of carbonyl (C=O) groups excluding carboxylic acids is 1. The molecule has 1 aliphatic rings. The molecule has 0 bridgehead atoms. The summed E-state index contributed by atoms with van der Waals surface area (Å²) in [5, 5.41) is 6.91. The maximum absolute atomic E-state index is 12.6. The summed E-state index contributed by atoms with van der Waals surface area (Å²) in [5.41, 5.74) is 1.10. The number of carbonyl (C=O) groups is 1. The normalized spacial score (nSPS) is 15.9. The van der Waals surface area contributed by atoms with Crippen molar-refractivity contribution in [2.24, 2.45) is 16.8 Å². The second kappa shape index (κ2) is 15.3. The number of aromatic nitrogens is 1. The highest BCUT2D eigenvalue weighted by atomic mass is 127. The third-order valence-electron chi connectivity index (χ3n) is 6.09. The lowest BCUT2D eigenvalue weighted by atomic mass is 9.98. The molecule has 7 nitrogen and oxygen atoms in total. The van der Waals surface area contributed by atoms with Gasteiger partial charge in [-0.2, -0.15) is 0 Å². The molecule has 0 spiro atoms. The molecule has 0 saturated carbocycles. The van der Waals surface area contributed by atoms with Gasteiger partial charge in [0.25, 0.3) is 0 Å². The van der Waals surface area contributed by atoms with Crippen molar-refractivity contribution in [2.75, 3.05) is 20.1 Å². The SMILES string of the molecule is CCC(CC)C(=O)N1CCC(NC(=NC)NCc2ccnc(OC(C)CC(C)C)c2)CC1.I. The highest BCUT2D eigenvalue weighted by molar-refractivity contribution is 14.0. The number of halogens is 1. The third kappa shape index (κ3) is 10.1. The summed E-state index contributed by atoms with van der Waals surface area (Å²) in [6.45, 7) is 12.9. The van der Waals surface area contributed by atoms with Crippen molar-refractivity contribution in [3.63, 3.8) is 0 Å². The van der Waals surface area contributed by atoms with E-state index in [1.165, 1.54) is 0 Å². The maximum atomic E-state index is 12.6. The van der Waals surface area contributed by atoms with Crippen LogP contribution in [0.5, 0.6) is 5.88 Å². The van der Waals surface area contributed by atoms with E-state index in [-0.39, 0.29) is 36.0 Å². The molecule has 1 saturated heterocycles. The number of ether oxygens (including phenoxy) is 1. The van der Waals surface area contributed by atoms with Gasteiger partial charge < -0.3 is 20.3 Å². The van der Waals surface area contributed by atoms with Crippen molar-refractivity contribution in [3.05, 3.63) is 23.9 Å². The molecule has 1 amide bonds. The predicted octanol–water partition coefficient (Wildman–Crippen LogP) is 4.61. The van der Waals surface area contributed by atoms with Crippen LogP contribution in [-0.2, 0) is 11.3 Å². The van der Waals surface area contributed by atoms with Gasteiger partial charge in [0.15, 0.2) is 5.96 Å². The van der Waals surface area contributed by atoms with Crippen LogP contribution in [0.1, 0.15) is 72.3 Å². The summed E-state index contributed by atoms with van der Waals surface area (Å²) in [7, 11) is 1.79. The molecule has 33 heavy (non-hydrogen) atoms. The number of hydrogen-bond acceptors (Lipinski definition) is 4. The van der Waals surface area contributed by atoms with E-state index in [2.05, 4.69) is 55.2 Å². The van der Waals surface area contributed by atoms with Crippen LogP contribution in [0.2, 0.25) is 0 Å². The van der Waals surface area contributed by atoms with Crippen LogP contribution in [0, 0.1) is 11.8 Å². The first-order valence-electron chi connectivity index (χ1n) is 12.2. The lowest BCUT2D eigenvalue weighted by Gasteiger charge is -2.34. The minimum atomic E-state index is 0. The van der Waals surface area contributed by atoms with Crippen LogP contribution in [0.3, 0.4) is 0 Å². The fourth-order valence-electron chi connectivity index (χ4n) is 4.26. The first-order valence-corrected chi connectivity index (χ1v) is 12.2. The van der Waals surface area contributed by atoms with Crippen molar-refractivity contribution in [3.8, 4) is 5.88 Å². The van der Waals surface area contributed by atoms with Gasteiger partial charge in [-0.1, -0.05) is 27.7 Å². The minimum absolute atomic E-state index is 0. The molecule has 2 rings (SSSR count). The molecule has 1 fully saturated rings. The largest absolute Gasteiger partial charge is 0.475 e. The Morgan fingerprint density at radius 3 is 2.48 bits per heavy atom. The molecule has 2 N–H and O–H groups in total. The Hall–Kier alpha value is -1.58. The predicted molar refractivity (Wildman–Crippen MR) is 146 cm³/mol. The smallest absolute Gasteiger partial charge is 0.225 e. The number of nitrogens with zero attached hydrogens (tertiary/aromatic N) is 3. The summed E-state index contributed by atoms with van der Waals surface area (Å²) >= 11 is 0. The van der Waals surface area contributed by atoms with Crippen LogP contribution in [-0.4, -0.2) is 54.0 Å². The second-order valence-electron chi connectivity index (χ2n) is 9.24. The minimum Gasteiger partial charge on any atom is -0.475 e. The summed E-state index contributed by atoms with van der Waals surface area (Å²) in [4.78, 5) is 23.4. The van der Waals surface area contributed by atoms with E-state index in [1.807, 2.05) is 17.0 Å². The topological polar surface area (TPSA) is 78.9 Å². The van der Waals surface area contributed by atoms with E-state index in [4.69, 9.17) is 4.74 Å². The number of hydrogen-bond donors (Lipinski definition) is 2. The van der Waals surface area contributed by atoms with E-state index in [0.717, 1.165) is 56.7 Å². The lowest BCUT2D eigenvalue weighted by Crippen LogP contribution is -2.50. The van der Waals surface area contributed by atoms with Gasteiger partial charge in [-0.15, -0.1) is 24.0 Å². The monoisotopic (exact) mass is 573 g/mol. The Morgan fingerprint density at radius 1 is 1.24 bits per heavy atom. The number of aliphatic imine (C=N–C) groups is 1. The number of rotatable bonds is 10. The molecular weight excluding hydrogens is 529 g/mol. The number of nitrogens with one attached hydrogen (secondary N) is 2. The van der Waals surface area contributed by atoms with E-state index in [0.29, 0.717) is 30.3 Å².